The van der Waals surface area contributed by atoms with Crippen molar-refractivity contribution in [2.45, 2.75) is 142 Å². The smallest absolute Gasteiger partial charge is 0.410 e. The third-order valence-electron chi connectivity index (χ3n) is 11.7. The van der Waals surface area contributed by atoms with E-state index in [9.17, 15) is 34.5 Å². The minimum Gasteiger partial charge on any atom is -0.457 e. The van der Waals surface area contributed by atoms with E-state index in [1.807, 2.05) is 52.8 Å². The predicted molar refractivity (Wildman–Crippen MR) is 212 cm³/mol. The first-order chi connectivity index (χ1) is 26.6. The lowest BCUT2D eigenvalue weighted by molar-refractivity contribution is -0.151. The van der Waals surface area contributed by atoms with Crippen molar-refractivity contribution in [3.8, 4) is 0 Å². The lowest BCUT2D eigenvalue weighted by Crippen LogP contribution is -2.49. The molecule has 13 nitrogen and oxygen atoms in total. The molecule has 0 radical (unpaired) electrons. The molecule has 4 aliphatic rings. The van der Waals surface area contributed by atoms with E-state index in [1.54, 1.807) is 24.0 Å². The Morgan fingerprint density at radius 2 is 1.68 bits per heavy atom. The summed E-state index contributed by atoms with van der Waals surface area (Å²) in [6, 6.07) is 0. The predicted octanol–water partition coefficient (Wildman–Crippen LogP) is 4.70. The van der Waals surface area contributed by atoms with Gasteiger partial charge in [0.05, 0.1) is 36.4 Å². The first-order valence-electron chi connectivity index (χ1n) is 20.8. The standard InChI is InChI=1S/C43H67N3O10/c1-7-34(48)32(5)41-36(54-41)28-43(6,53)20-12-13-30(3)40-31(4)15-17-35(29(2)14-16-33(47)27-39(51)56-40)55-42(52)45-25-23-44(24-26-45)21-10-8-9-11-22-46-37(49)18-19-38(46)50/h12-13,15,17-20,29,31-36,40-41,47-48,53H,7-11,14,16,21-28H2,1-6H3/b17-15+,20-12+,30-13+/t29-,31-,32+,33+,34-,35-,36?,40+,41+,43-/m0/s1. The molecule has 0 aromatic carbocycles. The number of aliphatic hydroxyl groups excluding tert-OH is 2. The van der Waals surface area contributed by atoms with Crippen LogP contribution >= 0.6 is 0 Å². The first kappa shape index (κ1) is 45.3. The molecule has 3 N–H and O–H groups in total. The first-order valence-corrected chi connectivity index (χ1v) is 20.8. The van der Waals surface area contributed by atoms with E-state index in [4.69, 9.17) is 14.2 Å². The number of hydrogen-bond acceptors (Lipinski definition) is 11. The monoisotopic (exact) mass is 785 g/mol. The van der Waals surface area contributed by atoms with E-state index in [1.165, 1.54) is 17.1 Å². The maximum Gasteiger partial charge on any atom is 0.410 e. The zero-order chi connectivity index (χ0) is 41.0. The van der Waals surface area contributed by atoms with Gasteiger partial charge in [0, 0.05) is 63.1 Å². The van der Waals surface area contributed by atoms with Crippen molar-refractivity contribution in [3.05, 3.63) is 48.1 Å². The van der Waals surface area contributed by atoms with Gasteiger partial charge in [-0.1, -0.05) is 64.8 Å². The normalized spacial score (nSPS) is 31.1. The summed E-state index contributed by atoms with van der Waals surface area (Å²) in [7, 11) is 0. The summed E-state index contributed by atoms with van der Waals surface area (Å²) in [6.07, 6.45) is 14.1. The van der Waals surface area contributed by atoms with Crippen LogP contribution in [0.15, 0.2) is 48.1 Å². The van der Waals surface area contributed by atoms with Crippen LogP contribution in [0, 0.1) is 17.8 Å². The van der Waals surface area contributed by atoms with Gasteiger partial charge < -0.3 is 34.4 Å². The molecule has 0 spiro atoms. The SMILES string of the molecule is CC[C@H](O)[C@@H](C)[C@H]1OC1C[C@@](C)(O)/C=C/C=C(\C)[C@H]1OC(=O)C[C@H](O)CC[C@H](C)[C@@H](OC(=O)N2CCN(CCCCCCN3C(=O)C=CC3=O)CC2)/C=C/[C@@H]1C. The number of imide groups is 1. The Kier molecular flexibility index (Phi) is 17.3. The second-order valence-corrected chi connectivity index (χ2v) is 16.6. The van der Waals surface area contributed by atoms with Crippen LogP contribution in [0.5, 0.6) is 0 Å². The molecule has 4 aliphatic heterocycles. The number of unbranched alkanes of at least 4 members (excludes halogenated alkanes) is 3. The summed E-state index contributed by atoms with van der Waals surface area (Å²) in [5.41, 5.74) is -0.396. The molecular formula is C43H67N3O10. The summed E-state index contributed by atoms with van der Waals surface area (Å²) < 4.78 is 17.8. The fourth-order valence-corrected chi connectivity index (χ4v) is 7.76. The largest absolute Gasteiger partial charge is 0.457 e. The van der Waals surface area contributed by atoms with Gasteiger partial charge in [0.1, 0.15) is 12.2 Å². The topological polar surface area (TPSA) is 170 Å². The average Bonchev–Trinajstić information content (AvgIpc) is 3.84. The van der Waals surface area contributed by atoms with Gasteiger partial charge in [-0.2, -0.15) is 0 Å². The molecule has 4 rings (SSSR count). The number of carbonyl (C=O) groups is 4. The number of aliphatic hydroxyl groups is 3. The Bertz CT molecular complexity index is 1430. The molecular weight excluding hydrogens is 718 g/mol. The van der Waals surface area contributed by atoms with E-state index in [-0.39, 0.29) is 54.3 Å². The number of rotatable bonds is 16. The zero-order valence-electron chi connectivity index (χ0n) is 34.4. The van der Waals surface area contributed by atoms with Crippen LogP contribution in [0.3, 0.4) is 0 Å². The molecule has 13 heteroatoms. The van der Waals surface area contributed by atoms with Crippen molar-refractivity contribution < 1.29 is 48.7 Å². The maximum atomic E-state index is 13.4. The van der Waals surface area contributed by atoms with Crippen LogP contribution in [0.2, 0.25) is 0 Å². The highest BCUT2D eigenvalue weighted by Crippen LogP contribution is 2.37. The van der Waals surface area contributed by atoms with Gasteiger partial charge in [-0.15, -0.1) is 0 Å². The van der Waals surface area contributed by atoms with Crippen molar-refractivity contribution in [2.24, 2.45) is 17.8 Å². The molecule has 0 aliphatic carbocycles. The molecule has 2 fully saturated rings. The second kappa shape index (κ2) is 21.4. The highest BCUT2D eigenvalue weighted by Gasteiger charge is 2.47. The number of amides is 3. The second-order valence-electron chi connectivity index (χ2n) is 16.6. The highest BCUT2D eigenvalue weighted by molar-refractivity contribution is 6.12. The summed E-state index contributed by atoms with van der Waals surface area (Å²) in [4.78, 5) is 55.1. The molecule has 0 saturated carbocycles. The number of cyclic esters (lactones) is 1. The van der Waals surface area contributed by atoms with E-state index < -0.39 is 36.0 Å². The van der Waals surface area contributed by atoms with Crippen LogP contribution in [0.4, 0.5) is 4.79 Å². The van der Waals surface area contributed by atoms with Gasteiger partial charge in [-0.05, 0) is 70.1 Å². The molecule has 3 amide bonds. The Labute approximate surface area is 333 Å². The lowest BCUT2D eigenvalue weighted by atomic mass is 9.91. The van der Waals surface area contributed by atoms with Gasteiger partial charge in [0.25, 0.3) is 11.8 Å². The number of carbonyl (C=O) groups excluding carboxylic acids is 4. The quantitative estimate of drug-likeness (QED) is 0.0496. The third-order valence-corrected chi connectivity index (χ3v) is 11.7. The fraction of sp³-hybridized carbons (Fsp3) is 0.721. The minimum absolute atomic E-state index is 0.00914. The van der Waals surface area contributed by atoms with Crippen molar-refractivity contribution in [3.63, 3.8) is 0 Å². The van der Waals surface area contributed by atoms with Crippen molar-refractivity contribution >= 4 is 23.9 Å². The molecule has 0 aromatic rings. The minimum atomic E-state index is -1.15. The molecule has 314 valence electrons. The molecule has 2 saturated heterocycles. The lowest BCUT2D eigenvalue weighted by Gasteiger charge is -2.35. The number of epoxide rings is 1. The summed E-state index contributed by atoms with van der Waals surface area (Å²) in [5.74, 6) is -1.36. The van der Waals surface area contributed by atoms with Gasteiger partial charge in [0.2, 0.25) is 0 Å². The van der Waals surface area contributed by atoms with Gasteiger partial charge in [-0.3, -0.25) is 24.2 Å². The van der Waals surface area contributed by atoms with Crippen LogP contribution in [0.25, 0.3) is 0 Å². The number of allylic oxidation sites excluding steroid dienone is 2. The third kappa shape index (κ3) is 13.9. The molecule has 0 aromatic heterocycles. The Morgan fingerprint density at radius 3 is 2.34 bits per heavy atom. The van der Waals surface area contributed by atoms with E-state index in [2.05, 4.69) is 4.90 Å². The molecule has 0 bridgehead atoms. The number of ether oxygens (including phenoxy) is 3. The highest BCUT2D eigenvalue weighted by atomic mass is 16.6. The van der Waals surface area contributed by atoms with Crippen molar-refractivity contribution in [1.29, 1.82) is 0 Å². The van der Waals surface area contributed by atoms with Crippen molar-refractivity contribution in [1.82, 2.24) is 14.7 Å². The summed E-state index contributed by atoms with van der Waals surface area (Å²) >= 11 is 0. The van der Waals surface area contributed by atoms with Crippen molar-refractivity contribution in [2.75, 3.05) is 39.3 Å². The molecule has 56 heavy (non-hydrogen) atoms. The van der Waals surface area contributed by atoms with Crippen LogP contribution in [0.1, 0.15) is 99.3 Å². The Morgan fingerprint density at radius 1 is 1.02 bits per heavy atom. The van der Waals surface area contributed by atoms with Gasteiger partial charge in [0.15, 0.2) is 0 Å². The number of piperazine rings is 1. The maximum absolute atomic E-state index is 13.4. The Balaban J connectivity index is 1.28. The van der Waals surface area contributed by atoms with Gasteiger partial charge >= 0.3 is 12.1 Å². The fourth-order valence-electron chi connectivity index (χ4n) is 7.76. The molecule has 4 heterocycles. The van der Waals surface area contributed by atoms with Gasteiger partial charge in [-0.25, -0.2) is 4.79 Å². The number of hydrogen-bond donors (Lipinski definition) is 3. The zero-order valence-corrected chi connectivity index (χ0v) is 34.4. The number of nitrogens with zero attached hydrogens (tertiary/aromatic N) is 3. The van der Waals surface area contributed by atoms with Crippen LogP contribution < -0.4 is 0 Å². The molecule has 10 atom stereocenters. The van der Waals surface area contributed by atoms with Crippen LogP contribution in [-0.4, -0.2) is 135 Å². The van der Waals surface area contributed by atoms with E-state index >= 15 is 0 Å². The Hall–Kier alpha value is -3.36. The molecule has 1 unspecified atom stereocenters. The van der Waals surface area contributed by atoms with E-state index in [0.717, 1.165) is 50.9 Å². The number of esters is 1. The summed E-state index contributed by atoms with van der Waals surface area (Å²) in [5, 5.41) is 31.9. The van der Waals surface area contributed by atoms with Crippen LogP contribution in [-0.2, 0) is 28.6 Å². The average molecular weight is 786 g/mol. The van der Waals surface area contributed by atoms with E-state index in [0.29, 0.717) is 45.3 Å². The summed E-state index contributed by atoms with van der Waals surface area (Å²) in [6.45, 7) is 15.4.